The lowest BCUT2D eigenvalue weighted by molar-refractivity contribution is 0.101. The molecule has 1 aromatic rings. The van der Waals surface area contributed by atoms with Crippen molar-refractivity contribution < 1.29 is 4.79 Å². The van der Waals surface area contributed by atoms with Gasteiger partial charge in [0.1, 0.15) is 0 Å². The minimum atomic E-state index is 0.0577. The highest BCUT2D eigenvalue weighted by Gasteiger charge is 2.26. The lowest BCUT2D eigenvalue weighted by Gasteiger charge is -2.39. The molecule has 2 fully saturated rings. The summed E-state index contributed by atoms with van der Waals surface area (Å²) in [6, 6.07) is 4.68. The predicted molar refractivity (Wildman–Crippen MR) is 91.1 cm³/mol. The number of amides is 2. The number of hydrogen-bond acceptors (Lipinski definition) is 3. The Bertz CT molecular complexity index is 477. The third-order valence-electron chi connectivity index (χ3n) is 5.14. The van der Waals surface area contributed by atoms with Crippen molar-refractivity contribution >= 4 is 6.03 Å². The van der Waals surface area contributed by atoms with Crippen molar-refractivity contribution in [1.29, 1.82) is 0 Å². The van der Waals surface area contributed by atoms with E-state index in [9.17, 15) is 4.79 Å². The molecule has 3 rings (SSSR count). The molecule has 23 heavy (non-hydrogen) atoms. The predicted octanol–water partition coefficient (Wildman–Crippen LogP) is 2.63. The van der Waals surface area contributed by atoms with Crippen LogP contribution in [0.15, 0.2) is 24.5 Å². The second-order valence-electron chi connectivity index (χ2n) is 6.68. The summed E-state index contributed by atoms with van der Waals surface area (Å²) in [4.78, 5) is 20.8. The van der Waals surface area contributed by atoms with Crippen LogP contribution in [0.5, 0.6) is 0 Å². The first-order valence-corrected chi connectivity index (χ1v) is 8.98. The van der Waals surface area contributed by atoms with Gasteiger partial charge < -0.3 is 10.2 Å². The molecule has 1 aromatic heterocycles. The summed E-state index contributed by atoms with van der Waals surface area (Å²) in [5.41, 5.74) is 1.09. The van der Waals surface area contributed by atoms with Crippen LogP contribution in [0.4, 0.5) is 4.79 Å². The standard InChI is InChI=1S/C18H28N4O/c23-18(20-15-16-7-9-19-10-8-16)22-13-11-21(12-14-22)17-5-3-1-2-4-6-17/h7-10,17H,1-6,11-15H2,(H,20,23). The molecule has 1 aliphatic carbocycles. The first-order valence-electron chi connectivity index (χ1n) is 8.98. The fourth-order valence-electron chi connectivity index (χ4n) is 3.70. The van der Waals surface area contributed by atoms with Gasteiger partial charge >= 0.3 is 6.03 Å². The summed E-state index contributed by atoms with van der Waals surface area (Å²) >= 11 is 0. The van der Waals surface area contributed by atoms with Crippen molar-refractivity contribution in [1.82, 2.24) is 20.1 Å². The normalized spacial score (nSPS) is 21.0. The maximum Gasteiger partial charge on any atom is 0.317 e. The van der Waals surface area contributed by atoms with E-state index < -0.39 is 0 Å². The second-order valence-corrected chi connectivity index (χ2v) is 6.68. The average molecular weight is 316 g/mol. The zero-order valence-electron chi connectivity index (χ0n) is 13.9. The van der Waals surface area contributed by atoms with Crippen LogP contribution in [-0.4, -0.2) is 53.0 Å². The molecule has 2 heterocycles. The van der Waals surface area contributed by atoms with E-state index in [0.29, 0.717) is 6.54 Å². The first kappa shape index (κ1) is 16.2. The van der Waals surface area contributed by atoms with Crippen LogP contribution in [0.25, 0.3) is 0 Å². The van der Waals surface area contributed by atoms with Gasteiger partial charge in [-0.3, -0.25) is 9.88 Å². The molecule has 5 heteroatoms. The number of aromatic nitrogens is 1. The Kier molecular flexibility index (Phi) is 5.86. The molecule has 0 radical (unpaired) electrons. The number of carbonyl (C=O) groups excluding carboxylic acids is 1. The van der Waals surface area contributed by atoms with E-state index in [1.807, 2.05) is 17.0 Å². The van der Waals surface area contributed by atoms with E-state index in [1.54, 1.807) is 12.4 Å². The Morgan fingerprint density at radius 1 is 1.04 bits per heavy atom. The van der Waals surface area contributed by atoms with Crippen LogP contribution < -0.4 is 5.32 Å². The molecule has 1 saturated heterocycles. The molecule has 0 spiro atoms. The van der Waals surface area contributed by atoms with E-state index in [4.69, 9.17) is 0 Å². The molecule has 0 atom stereocenters. The van der Waals surface area contributed by atoms with Gasteiger partial charge in [-0.2, -0.15) is 0 Å². The maximum atomic E-state index is 12.3. The van der Waals surface area contributed by atoms with Gasteiger partial charge in [-0.15, -0.1) is 0 Å². The van der Waals surface area contributed by atoms with Gasteiger partial charge in [0.25, 0.3) is 0 Å². The van der Waals surface area contributed by atoms with Crippen molar-refractivity contribution in [2.45, 2.75) is 51.1 Å². The van der Waals surface area contributed by atoms with Gasteiger partial charge in [0.2, 0.25) is 0 Å². The Balaban J connectivity index is 1.42. The van der Waals surface area contributed by atoms with Crippen molar-refractivity contribution in [3.8, 4) is 0 Å². The Labute approximate surface area is 139 Å². The van der Waals surface area contributed by atoms with E-state index in [0.717, 1.165) is 37.8 Å². The van der Waals surface area contributed by atoms with Crippen LogP contribution in [0.1, 0.15) is 44.1 Å². The molecule has 1 aliphatic heterocycles. The molecule has 5 nitrogen and oxygen atoms in total. The Morgan fingerprint density at radius 3 is 2.35 bits per heavy atom. The molecule has 2 amide bonds. The van der Waals surface area contributed by atoms with Crippen LogP contribution >= 0.6 is 0 Å². The summed E-state index contributed by atoms with van der Waals surface area (Å²) < 4.78 is 0. The van der Waals surface area contributed by atoms with Crippen molar-refractivity contribution in [2.75, 3.05) is 26.2 Å². The van der Waals surface area contributed by atoms with Crippen LogP contribution in [-0.2, 0) is 6.54 Å². The molecular weight excluding hydrogens is 288 g/mol. The van der Waals surface area contributed by atoms with Gasteiger partial charge in [0.05, 0.1) is 0 Å². The topological polar surface area (TPSA) is 48.5 Å². The van der Waals surface area contributed by atoms with Crippen molar-refractivity contribution in [3.63, 3.8) is 0 Å². The highest BCUT2D eigenvalue weighted by Crippen LogP contribution is 2.22. The zero-order valence-corrected chi connectivity index (χ0v) is 13.9. The van der Waals surface area contributed by atoms with E-state index >= 15 is 0 Å². The number of nitrogens with one attached hydrogen (secondary N) is 1. The largest absolute Gasteiger partial charge is 0.334 e. The van der Waals surface area contributed by atoms with Gasteiger partial charge in [0.15, 0.2) is 0 Å². The van der Waals surface area contributed by atoms with E-state index in [-0.39, 0.29) is 6.03 Å². The third kappa shape index (κ3) is 4.67. The molecule has 1 N–H and O–H groups in total. The highest BCUT2D eigenvalue weighted by atomic mass is 16.2. The second kappa shape index (κ2) is 8.29. The summed E-state index contributed by atoms with van der Waals surface area (Å²) in [5.74, 6) is 0. The fourth-order valence-corrected chi connectivity index (χ4v) is 3.70. The summed E-state index contributed by atoms with van der Waals surface area (Å²) in [6.45, 7) is 4.31. The number of urea groups is 1. The van der Waals surface area contributed by atoms with E-state index in [1.165, 1.54) is 38.5 Å². The average Bonchev–Trinajstić information content (AvgIpc) is 2.90. The quantitative estimate of drug-likeness (QED) is 0.872. The summed E-state index contributed by atoms with van der Waals surface area (Å²) in [6.07, 6.45) is 11.7. The number of hydrogen-bond donors (Lipinski definition) is 1. The minimum Gasteiger partial charge on any atom is -0.334 e. The molecule has 0 bridgehead atoms. The van der Waals surface area contributed by atoms with E-state index in [2.05, 4.69) is 15.2 Å². The molecule has 1 saturated carbocycles. The van der Waals surface area contributed by atoms with Gasteiger partial charge in [-0.1, -0.05) is 25.7 Å². The lowest BCUT2D eigenvalue weighted by atomic mass is 10.1. The van der Waals surface area contributed by atoms with Gasteiger partial charge in [-0.05, 0) is 30.5 Å². The number of pyridine rings is 1. The van der Waals surface area contributed by atoms with Crippen molar-refractivity contribution in [3.05, 3.63) is 30.1 Å². The van der Waals surface area contributed by atoms with Gasteiger partial charge in [-0.25, -0.2) is 4.79 Å². The van der Waals surface area contributed by atoms with Gasteiger partial charge in [0, 0.05) is 51.2 Å². The zero-order chi connectivity index (χ0) is 15.9. The van der Waals surface area contributed by atoms with Crippen LogP contribution in [0, 0.1) is 0 Å². The SMILES string of the molecule is O=C(NCc1ccncc1)N1CCN(C2CCCCCC2)CC1. The smallest absolute Gasteiger partial charge is 0.317 e. The van der Waals surface area contributed by atoms with Crippen molar-refractivity contribution in [2.24, 2.45) is 0 Å². The molecule has 2 aliphatic rings. The fraction of sp³-hybridized carbons (Fsp3) is 0.667. The number of piperazine rings is 1. The number of nitrogens with zero attached hydrogens (tertiary/aromatic N) is 3. The maximum absolute atomic E-state index is 12.3. The summed E-state index contributed by atoms with van der Waals surface area (Å²) in [5, 5.41) is 3.01. The first-order chi connectivity index (χ1) is 11.3. The molecule has 0 unspecified atom stereocenters. The molecular formula is C18H28N4O. The number of rotatable bonds is 3. The summed E-state index contributed by atoms with van der Waals surface area (Å²) in [7, 11) is 0. The third-order valence-corrected chi connectivity index (χ3v) is 5.14. The highest BCUT2D eigenvalue weighted by molar-refractivity contribution is 5.74. The Morgan fingerprint density at radius 2 is 1.70 bits per heavy atom. The van der Waals surface area contributed by atoms with Crippen LogP contribution in [0.3, 0.4) is 0 Å². The lowest BCUT2D eigenvalue weighted by Crippen LogP contribution is -2.54. The van der Waals surface area contributed by atoms with Crippen LogP contribution in [0.2, 0.25) is 0 Å². The monoisotopic (exact) mass is 316 g/mol. The molecule has 126 valence electrons. The minimum absolute atomic E-state index is 0.0577. The molecule has 0 aromatic carbocycles. The number of carbonyl (C=O) groups is 1. The Hall–Kier alpha value is -1.62.